The van der Waals surface area contributed by atoms with Gasteiger partial charge in [0.25, 0.3) is 0 Å². The van der Waals surface area contributed by atoms with E-state index in [4.69, 9.17) is 0 Å². The Labute approximate surface area is 113 Å². The van der Waals surface area contributed by atoms with Gasteiger partial charge < -0.3 is 10.4 Å². The van der Waals surface area contributed by atoms with Gasteiger partial charge in [-0.3, -0.25) is 4.68 Å². The Hall–Kier alpha value is -1.81. The SMILES string of the molecule is Cc1nn(Cc2ccc(O)cc2)cc1CNC1CC1. The highest BCUT2D eigenvalue weighted by molar-refractivity contribution is 5.26. The molecule has 2 N–H and O–H groups in total. The molecule has 0 bridgehead atoms. The zero-order valence-corrected chi connectivity index (χ0v) is 11.1. The molecule has 0 atom stereocenters. The summed E-state index contributed by atoms with van der Waals surface area (Å²) in [4.78, 5) is 0. The maximum atomic E-state index is 9.27. The molecule has 1 aromatic carbocycles. The van der Waals surface area contributed by atoms with Crippen molar-refractivity contribution in [2.75, 3.05) is 0 Å². The number of phenolic OH excluding ortho intramolecular Hbond substituents is 1. The molecule has 0 saturated heterocycles. The fourth-order valence-electron chi connectivity index (χ4n) is 2.14. The van der Waals surface area contributed by atoms with E-state index in [0.717, 1.165) is 30.4 Å². The third kappa shape index (κ3) is 3.15. The van der Waals surface area contributed by atoms with Gasteiger partial charge >= 0.3 is 0 Å². The molecule has 1 aliphatic carbocycles. The van der Waals surface area contributed by atoms with E-state index in [9.17, 15) is 5.11 Å². The van der Waals surface area contributed by atoms with Crippen molar-refractivity contribution in [3.05, 3.63) is 47.3 Å². The van der Waals surface area contributed by atoms with Crippen molar-refractivity contribution < 1.29 is 5.11 Å². The Morgan fingerprint density at radius 1 is 1.32 bits per heavy atom. The van der Waals surface area contributed by atoms with E-state index in [1.807, 2.05) is 16.8 Å². The maximum Gasteiger partial charge on any atom is 0.115 e. The Bertz CT molecular complexity index is 555. The standard InChI is InChI=1S/C15H19N3O/c1-11-13(8-16-14-4-5-14)10-18(17-11)9-12-2-6-15(19)7-3-12/h2-3,6-7,10,14,16,19H,4-5,8-9H2,1H3. The van der Waals surface area contributed by atoms with Crippen LogP contribution in [0.5, 0.6) is 5.75 Å². The zero-order chi connectivity index (χ0) is 13.2. The van der Waals surface area contributed by atoms with Crippen LogP contribution in [0.4, 0.5) is 0 Å². The number of hydrogen-bond donors (Lipinski definition) is 2. The molecule has 0 spiro atoms. The summed E-state index contributed by atoms with van der Waals surface area (Å²) in [5.41, 5.74) is 3.50. The van der Waals surface area contributed by atoms with Crippen LogP contribution in [0, 0.1) is 6.92 Å². The normalized spacial score (nSPS) is 14.8. The summed E-state index contributed by atoms with van der Waals surface area (Å²) in [7, 11) is 0. The minimum atomic E-state index is 0.301. The molecule has 4 nitrogen and oxygen atoms in total. The first kappa shape index (κ1) is 12.2. The van der Waals surface area contributed by atoms with Crippen LogP contribution >= 0.6 is 0 Å². The molecule has 19 heavy (non-hydrogen) atoms. The summed E-state index contributed by atoms with van der Waals surface area (Å²) in [6.07, 6.45) is 4.72. The Morgan fingerprint density at radius 2 is 2.05 bits per heavy atom. The minimum absolute atomic E-state index is 0.301. The van der Waals surface area contributed by atoms with Crippen LogP contribution in [0.2, 0.25) is 0 Å². The first-order valence-corrected chi connectivity index (χ1v) is 6.75. The topological polar surface area (TPSA) is 50.1 Å². The van der Waals surface area contributed by atoms with Crippen LogP contribution in [0.3, 0.4) is 0 Å². The van der Waals surface area contributed by atoms with Gasteiger partial charge in [-0.2, -0.15) is 5.10 Å². The molecule has 1 aliphatic rings. The largest absolute Gasteiger partial charge is 0.508 e. The molecule has 2 aromatic rings. The predicted molar refractivity (Wildman–Crippen MR) is 74.0 cm³/mol. The number of nitrogens with one attached hydrogen (secondary N) is 1. The highest BCUT2D eigenvalue weighted by Gasteiger charge is 2.20. The molecule has 100 valence electrons. The molecule has 0 amide bonds. The van der Waals surface area contributed by atoms with E-state index in [1.165, 1.54) is 18.4 Å². The molecular weight excluding hydrogens is 238 g/mol. The fourth-order valence-corrected chi connectivity index (χ4v) is 2.14. The van der Waals surface area contributed by atoms with Crippen molar-refractivity contribution in [2.24, 2.45) is 0 Å². The monoisotopic (exact) mass is 257 g/mol. The Balaban J connectivity index is 1.66. The van der Waals surface area contributed by atoms with E-state index in [2.05, 4.69) is 23.5 Å². The lowest BCUT2D eigenvalue weighted by Gasteiger charge is -2.02. The number of aromatic nitrogens is 2. The van der Waals surface area contributed by atoms with Crippen molar-refractivity contribution in [2.45, 2.75) is 38.9 Å². The predicted octanol–water partition coefficient (Wildman–Crippen LogP) is 2.20. The summed E-state index contributed by atoms with van der Waals surface area (Å²) in [5, 5.41) is 17.3. The third-order valence-corrected chi connectivity index (χ3v) is 3.49. The van der Waals surface area contributed by atoms with Gasteiger partial charge in [0, 0.05) is 24.3 Å². The summed E-state index contributed by atoms with van der Waals surface area (Å²) in [6, 6.07) is 7.99. The smallest absolute Gasteiger partial charge is 0.115 e. The average Bonchev–Trinajstić information content (AvgIpc) is 3.15. The lowest BCUT2D eigenvalue weighted by atomic mass is 10.2. The van der Waals surface area contributed by atoms with Gasteiger partial charge in [0.1, 0.15) is 5.75 Å². The lowest BCUT2D eigenvalue weighted by molar-refractivity contribution is 0.475. The first-order valence-electron chi connectivity index (χ1n) is 6.75. The molecule has 0 unspecified atom stereocenters. The Morgan fingerprint density at radius 3 is 2.74 bits per heavy atom. The second kappa shape index (κ2) is 5.05. The van der Waals surface area contributed by atoms with Crippen molar-refractivity contribution in [1.82, 2.24) is 15.1 Å². The number of rotatable bonds is 5. The van der Waals surface area contributed by atoms with Crippen LogP contribution in [-0.4, -0.2) is 20.9 Å². The number of hydrogen-bond acceptors (Lipinski definition) is 3. The molecule has 1 heterocycles. The molecular formula is C15H19N3O. The van der Waals surface area contributed by atoms with Gasteiger partial charge in [-0.25, -0.2) is 0 Å². The average molecular weight is 257 g/mol. The number of nitrogens with zero attached hydrogens (tertiary/aromatic N) is 2. The highest BCUT2D eigenvalue weighted by atomic mass is 16.3. The number of aryl methyl sites for hydroxylation is 1. The van der Waals surface area contributed by atoms with Crippen LogP contribution in [0.25, 0.3) is 0 Å². The van der Waals surface area contributed by atoms with Gasteiger partial charge in [-0.15, -0.1) is 0 Å². The van der Waals surface area contributed by atoms with Crippen molar-refractivity contribution in [3.63, 3.8) is 0 Å². The Kier molecular flexibility index (Phi) is 3.25. The first-order chi connectivity index (χ1) is 9.20. The molecule has 1 aromatic heterocycles. The van der Waals surface area contributed by atoms with Gasteiger partial charge in [-0.1, -0.05) is 12.1 Å². The second-order valence-electron chi connectivity index (χ2n) is 5.26. The zero-order valence-electron chi connectivity index (χ0n) is 11.1. The van der Waals surface area contributed by atoms with Crippen molar-refractivity contribution >= 4 is 0 Å². The molecule has 3 rings (SSSR count). The van der Waals surface area contributed by atoms with Gasteiger partial charge in [-0.05, 0) is 37.5 Å². The van der Waals surface area contributed by atoms with E-state index in [0.29, 0.717) is 5.75 Å². The summed E-state index contributed by atoms with van der Waals surface area (Å²) in [6.45, 7) is 3.70. The van der Waals surface area contributed by atoms with Crippen LogP contribution < -0.4 is 5.32 Å². The van der Waals surface area contributed by atoms with Gasteiger partial charge in [0.15, 0.2) is 0 Å². The number of phenols is 1. The fraction of sp³-hybridized carbons (Fsp3) is 0.400. The third-order valence-electron chi connectivity index (χ3n) is 3.49. The summed E-state index contributed by atoms with van der Waals surface area (Å²) in [5.74, 6) is 0.301. The molecule has 0 aliphatic heterocycles. The molecule has 4 heteroatoms. The highest BCUT2D eigenvalue weighted by Crippen LogP contribution is 2.20. The molecule has 1 saturated carbocycles. The second-order valence-corrected chi connectivity index (χ2v) is 5.26. The maximum absolute atomic E-state index is 9.27. The molecule has 1 fully saturated rings. The van der Waals surface area contributed by atoms with Gasteiger partial charge in [0.2, 0.25) is 0 Å². The number of aromatic hydroxyl groups is 1. The quantitative estimate of drug-likeness (QED) is 0.863. The van der Waals surface area contributed by atoms with E-state index in [-0.39, 0.29) is 0 Å². The van der Waals surface area contributed by atoms with Crippen LogP contribution in [0.1, 0.15) is 29.7 Å². The van der Waals surface area contributed by atoms with E-state index in [1.54, 1.807) is 12.1 Å². The number of benzene rings is 1. The molecule has 0 radical (unpaired) electrons. The van der Waals surface area contributed by atoms with Crippen LogP contribution in [0.15, 0.2) is 30.5 Å². The van der Waals surface area contributed by atoms with E-state index < -0.39 is 0 Å². The van der Waals surface area contributed by atoms with Crippen molar-refractivity contribution in [3.8, 4) is 5.75 Å². The van der Waals surface area contributed by atoms with Crippen molar-refractivity contribution in [1.29, 1.82) is 0 Å². The van der Waals surface area contributed by atoms with E-state index >= 15 is 0 Å². The van der Waals surface area contributed by atoms with Crippen LogP contribution in [-0.2, 0) is 13.1 Å². The minimum Gasteiger partial charge on any atom is -0.508 e. The lowest BCUT2D eigenvalue weighted by Crippen LogP contribution is -2.15. The summed E-state index contributed by atoms with van der Waals surface area (Å²) < 4.78 is 1.96. The van der Waals surface area contributed by atoms with Gasteiger partial charge in [0.05, 0.1) is 12.2 Å². The summed E-state index contributed by atoms with van der Waals surface area (Å²) >= 11 is 0.